The molecular formula is C20H22N2O5S. The van der Waals surface area contributed by atoms with Crippen molar-refractivity contribution in [1.82, 2.24) is 4.31 Å². The summed E-state index contributed by atoms with van der Waals surface area (Å²) in [7, 11) is -3.61. The molecule has 0 radical (unpaired) electrons. The van der Waals surface area contributed by atoms with Crippen molar-refractivity contribution in [2.75, 3.05) is 25.2 Å². The minimum atomic E-state index is -3.61. The average Bonchev–Trinajstić information content (AvgIpc) is 3.16. The van der Waals surface area contributed by atoms with E-state index < -0.39 is 15.9 Å². The van der Waals surface area contributed by atoms with Crippen molar-refractivity contribution in [1.29, 1.82) is 0 Å². The van der Waals surface area contributed by atoms with E-state index in [1.54, 1.807) is 42.5 Å². The van der Waals surface area contributed by atoms with Gasteiger partial charge in [0.15, 0.2) is 11.5 Å². The number of fused-ring (bicyclic) bond motifs is 1. The fourth-order valence-electron chi connectivity index (χ4n) is 3.45. The van der Waals surface area contributed by atoms with E-state index in [2.05, 4.69) is 5.32 Å². The Morgan fingerprint density at radius 3 is 2.64 bits per heavy atom. The molecule has 1 saturated heterocycles. The minimum Gasteiger partial charge on any atom is -0.454 e. The predicted molar refractivity (Wildman–Crippen MR) is 104 cm³/mol. The van der Waals surface area contributed by atoms with E-state index in [9.17, 15) is 13.2 Å². The molecule has 2 heterocycles. The van der Waals surface area contributed by atoms with Crippen molar-refractivity contribution in [2.45, 2.75) is 24.7 Å². The molecule has 0 saturated carbocycles. The van der Waals surface area contributed by atoms with Gasteiger partial charge < -0.3 is 14.8 Å². The van der Waals surface area contributed by atoms with E-state index in [4.69, 9.17) is 9.47 Å². The first-order valence-corrected chi connectivity index (χ1v) is 10.6. The fourth-order valence-corrected chi connectivity index (χ4v) is 4.98. The van der Waals surface area contributed by atoms with Crippen molar-refractivity contribution in [3.8, 4) is 11.5 Å². The molecule has 28 heavy (non-hydrogen) atoms. The van der Waals surface area contributed by atoms with Crippen LogP contribution in [0.5, 0.6) is 11.5 Å². The third kappa shape index (κ3) is 3.70. The van der Waals surface area contributed by atoms with E-state index in [1.807, 2.05) is 6.92 Å². The second kappa shape index (κ2) is 7.44. The molecule has 2 aromatic rings. The second-order valence-electron chi connectivity index (χ2n) is 7.07. The van der Waals surface area contributed by atoms with Crippen molar-refractivity contribution in [3.05, 3.63) is 48.0 Å². The Labute approximate surface area is 164 Å². The summed E-state index contributed by atoms with van der Waals surface area (Å²) in [6.45, 7) is 2.67. The van der Waals surface area contributed by atoms with Crippen LogP contribution in [0.2, 0.25) is 0 Å². The molecule has 1 N–H and O–H groups in total. The molecule has 148 valence electrons. The molecule has 8 heteroatoms. The average molecular weight is 402 g/mol. The lowest BCUT2D eigenvalue weighted by molar-refractivity contribution is -0.120. The van der Waals surface area contributed by atoms with Crippen LogP contribution in [0.3, 0.4) is 0 Å². The van der Waals surface area contributed by atoms with Gasteiger partial charge in [0, 0.05) is 24.8 Å². The number of rotatable bonds is 4. The number of hydrogen-bond donors (Lipinski definition) is 1. The Kier molecular flexibility index (Phi) is 4.99. The van der Waals surface area contributed by atoms with E-state index in [0.717, 1.165) is 5.56 Å². The van der Waals surface area contributed by atoms with Gasteiger partial charge in [0.25, 0.3) is 0 Å². The molecule has 7 nitrogen and oxygen atoms in total. The van der Waals surface area contributed by atoms with Crippen molar-refractivity contribution < 1.29 is 22.7 Å². The first-order valence-electron chi connectivity index (χ1n) is 9.21. The summed E-state index contributed by atoms with van der Waals surface area (Å²) >= 11 is 0. The van der Waals surface area contributed by atoms with Gasteiger partial charge in [-0.05, 0) is 44.0 Å². The lowest BCUT2D eigenvalue weighted by Crippen LogP contribution is -2.43. The molecule has 2 aliphatic heterocycles. The van der Waals surface area contributed by atoms with Gasteiger partial charge in [0.05, 0.1) is 10.8 Å². The summed E-state index contributed by atoms with van der Waals surface area (Å²) in [6.07, 6.45) is 1.29. The van der Waals surface area contributed by atoms with Crippen LogP contribution in [0.25, 0.3) is 0 Å². The smallest absolute Gasteiger partial charge is 0.243 e. The molecule has 0 bridgehead atoms. The monoisotopic (exact) mass is 402 g/mol. The summed E-state index contributed by atoms with van der Waals surface area (Å²) in [6, 6.07) is 12.0. The van der Waals surface area contributed by atoms with Crippen LogP contribution in [0.15, 0.2) is 47.4 Å². The maximum absolute atomic E-state index is 12.9. The Morgan fingerprint density at radius 2 is 1.86 bits per heavy atom. The maximum Gasteiger partial charge on any atom is 0.243 e. The first-order chi connectivity index (χ1) is 13.4. The van der Waals surface area contributed by atoms with E-state index in [-0.39, 0.29) is 24.1 Å². The van der Waals surface area contributed by atoms with E-state index in [0.29, 0.717) is 36.6 Å². The van der Waals surface area contributed by atoms with Gasteiger partial charge in [-0.2, -0.15) is 4.31 Å². The lowest BCUT2D eigenvalue weighted by atomic mass is 9.98. The van der Waals surface area contributed by atoms with E-state index in [1.165, 1.54) is 4.31 Å². The highest BCUT2D eigenvalue weighted by Gasteiger charge is 2.33. The third-order valence-corrected chi connectivity index (χ3v) is 6.93. The number of carbonyl (C=O) groups excluding carboxylic acids is 1. The summed E-state index contributed by atoms with van der Waals surface area (Å²) in [4.78, 5) is 13.0. The summed E-state index contributed by atoms with van der Waals surface area (Å²) < 4.78 is 37.8. The highest BCUT2D eigenvalue weighted by Crippen LogP contribution is 2.34. The maximum atomic E-state index is 12.9. The summed E-state index contributed by atoms with van der Waals surface area (Å²) in [5, 5.41) is 2.86. The quantitative estimate of drug-likeness (QED) is 0.850. The second-order valence-corrected chi connectivity index (χ2v) is 9.01. The SMILES string of the molecule is Cc1ccc(S(=O)(=O)N2CCCC(C(=O)Nc3ccc4c(c3)OCO4)C2)cc1. The normalized spacial score (nSPS) is 19.4. The molecule has 1 amide bonds. The Balaban J connectivity index is 1.45. The first kappa shape index (κ1) is 18.8. The van der Waals surface area contributed by atoms with Crippen molar-refractivity contribution in [3.63, 3.8) is 0 Å². The molecule has 0 aliphatic carbocycles. The van der Waals surface area contributed by atoms with Crippen LogP contribution in [-0.4, -0.2) is 38.5 Å². The molecule has 1 unspecified atom stereocenters. The van der Waals surface area contributed by atoms with Crippen LogP contribution in [0, 0.1) is 12.8 Å². The van der Waals surface area contributed by atoms with Crippen LogP contribution in [0.4, 0.5) is 5.69 Å². The molecule has 2 aliphatic rings. The van der Waals surface area contributed by atoms with Crippen LogP contribution < -0.4 is 14.8 Å². The molecule has 1 atom stereocenters. The number of carbonyl (C=O) groups is 1. The molecule has 0 aromatic heterocycles. The predicted octanol–water partition coefficient (Wildman–Crippen LogP) is 2.76. The summed E-state index contributed by atoms with van der Waals surface area (Å²) in [5.41, 5.74) is 1.60. The lowest BCUT2D eigenvalue weighted by Gasteiger charge is -2.31. The van der Waals surface area contributed by atoms with Gasteiger partial charge in [-0.3, -0.25) is 4.79 Å². The zero-order chi connectivity index (χ0) is 19.7. The molecule has 4 rings (SSSR count). The standard InChI is InChI=1S/C20H22N2O5S/c1-14-4-7-17(8-5-14)28(24,25)22-10-2-3-15(12-22)20(23)21-16-6-9-18-19(11-16)27-13-26-18/h4-9,11,15H,2-3,10,12-13H2,1H3,(H,21,23). The van der Waals surface area contributed by atoms with Crippen molar-refractivity contribution in [2.24, 2.45) is 5.92 Å². The zero-order valence-electron chi connectivity index (χ0n) is 15.6. The van der Waals surface area contributed by atoms with Gasteiger partial charge in [-0.1, -0.05) is 17.7 Å². The molecule has 2 aromatic carbocycles. The number of piperidine rings is 1. The summed E-state index contributed by atoms with van der Waals surface area (Å²) in [5.74, 6) is 0.637. The number of benzene rings is 2. The Morgan fingerprint density at radius 1 is 1.11 bits per heavy atom. The highest BCUT2D eigenvalue weighted by atomic mass is 32.2. The Hall–Kier alpha value is -2.58. The van der Waals surface area contributed by atoms with E-state index >= 15 is 0 Å². The van der Waals surface area contributed by atoms with Gasteiger partial charge in [-0.25, -0.2) is 8.42 Å². The van der Waals surface area contributed by atoms with Gasteiger partial charge in [0.1, 0.15) is 0 Å². The zero-order valence-corrected chi connectivity index (χ0v) is 16.4. The highest BCUT2D eigenvalue weighted by molar-refractivity contribution is 7.89. The molecular weight excluding hydrogens is 380 g/mol. The Bertz CT molecular complexity index is 988. The van der Waals surface area contributed by atoms with Crippen LogP contribution in [0.1, 0.15) is 18.4 Å². The number of nitrogens with one attached hydrogen (secondary N) is 1. The number of hydrogen-bond acceptors (Lipinski definition) is 5. The number of ether oxygens (including phenoxy) is 2. The minimum absolute atomic E-state index is 0.168. The largest absolute Gasteiger partial charge is 0.454 e. The van der Waals surface area contributed by atoms with Gasteiger partial charge in [0.2, 0.25) is 22.7 Å². The number of sulfonamides is 1. The van der Waals surface area contributed by atoms with Crippen molar-refractivity contribution >= 4 is 21.6 Å². The van der Waals surface area contributed by atoms with Crippen LogP contribution >= 0.6 is 0 Å². The number of amides is 1. The van der Waals surface area contributed by atoms with Crippen LogP contribution in [-0.2, 0) is 14.8 Å². The van der Waals surface area contributed by atoms with Gasteiger partial charge >= 0.3 is 0 Å². The number of aryl methyl sites for hydroxylation is 1. The fraction of sp³-hybridized carbons (Fsp3) is 0.350. The van der Waals surface area contributed by atoms with Gasteiger partial charge in [-0.15, -0.1) is 0 Å². The molecule has 0 spiro atoms. The number of anilines is 1. The topological polar surface area (TPSA) is 84.9 Å². The molecule has 1 fully saturated rings. The number of nitrogens with zero attached hydrogens (tertiary/aromatic N) is 1. The third-order valence-electron chi connectivity index (χ3n) is 5.05.